The molecule has 0 bridgehead atoms. The van der Waals surface area contributed by atoms with Crippen molar-refractivity contribution in [2.45, 2.75) is 30.8 Å². The highest BCUT2D eigenvalue weighted by Gasteiger charge is 2.29. The third-order valence-corrected chi connectivity index (χ3v) is 5.05. The van der Waals surface area contributed by atoms with E-state index in [0.29, 0.717) is 12.2 Å². The Bertz CT molecular complexity index is 814. The van der Waals surface area contributed by atoms with E-state index in [-0.39, 0.29) is 11.4 Å². The van der Waals surface area contributed by atoms with Crippen LogP contribution in [0.25, 0.3) is 0 Å². The largest absolute Gasteiger partial charge is 0.478 e. The van der Waals surface area contributed by atoms with Crippen LogP contribution in [-0.2, 0) is 21.2 Å². The van der Waals surface area contributed by atoms with Crippen molar-refractivity contribution in [2.24, 2.45) is 0 Å². The summed E-state index contributed by atoms with van der Waals surface area (Å²) < 4.78 is 32.2. The van der Waals surface area contributed by atoms with Gasteiger partial charge in [-0.15, -0.1) is 0 Å². The predicted molar refractivity (Wildman–Crippen MR) is 94.1 cm³/mol. The quantitative estimate of drug-likeness (QED) is 0.751. The van der Waals surface area contributed by atoms with E-state index >= 15 is 0 Å². The van der Waals surface area contributed by atoms with Crippen LogP contribution in [0.4, 0.5) is 0 Å². The minimum Gasteiger partial charge on any atom is -0.478 e. The van der Waals surface area contributed by atoms with Gasteiger partial charge in [-0.3, -0.25) is 0 Å². The SMILES string of the molecule is CC(C)(Oc1ccc(CCNS(=O)(=O)c2ccccc2)cc1)C(=O)O. The molecule has 0 aromatic heterocycles. The fourth-order valence-corrected chi connectivity index (χ4v) is 3.13. The standard InChI is InChI=1S/C18H21NO5S/c1-18(2,17(20)21)24-15-10-8-14(9-11-15)12-13-19-25(22,23)16-6-4-3-5-7-16/h3-11,19H,12-13H2,1-2H3,(H,20,21). The minimum atomic E-state index is -3.51. The molecule has 2 N–H and O–H groups in total. The highest BCUT2D eigenvalue weighted by atomic mass is 32.2. The molecule has 0 spiro atoms. The van der Waals surface area contributed by atoms with E-state index in [1.54, 1.807) is 54.6 Å². The lowest BCUT2D eigenvalue weighted by atomic mass is 10.1. The monoisotopic (exact) mass is 363 g/mol. The Labute approximate surface area is 147 Å². The Kier molecular flexibility index (Phi) is 5.81. The average Bonchev–Trinajstić information content (AvgIpc) is 2.57. The molecular formula is C18H21NO5S. The summed E-state index contributed by atoms with van der Waals surface area (Å²) in [5.41, 5.74) is -0.399. The van der Waals surface area contributed by atoms with Crippen molar-refractivity contribution in [3.63, 3.8) is 0 Å². The highest BCUT2D eigenvalue weighted by molar-refractivity contribution is 7.89. The number of hydrogen-bond donors (Lipinski definition) is 2. The van der Waals surface area contributed by atoms with Gasteiger partial charge in [-0.2, -0.15) is 0 Å². The second-order valence-corrected chi connectivity index (χ2v) is 7.79. The van der Waals surface area contributed by atoms with Gasteiger partial charge in [0.1, 0.15) is 5.75 Å². The fraction of sp³-hybridized carbons (Fsp3) is 0.278. The van der Waals surface area contributed by atoms with Crippen molar-refractivity contribution in [1.29, 1.82) is 0 Å². The first kappa shape index (κ1) is 19.0. The van der Waals surface area contributed by atoms with E-state index in [2.05, 4.69) is 4.72 Å². The zero-order valence-electron chi connectivity index (χ0n) is 14.1. The number of sulfonamides is 1. The molecule has 0 heterocycles. The number of hydrogen-bond acceptors (Lipinski definition) is 4. The van der Waals surface area contributed by atoms with E-state index in [0.717, 1.165) is 5.56 Å². The van der Waals surface area contributed by atoms with Crippen molar-refractivity contribution >= 4 is 16.0 Å². The average molecular weight is 363 g/mol. The Hall–Kier alpha value is -2.38. The van der Waals surface area contributed by atoms with Gasteiger partial charge in [0.25, 0.3) is 0 Å². The first-order valence-electron chi connectivity index (χ1n) is 7.77. The second kappa shape index (κ2) is 7.67. The summed E-state index contributed by atoms with van der Waals surface area (Å²) in [5, 5.41) is 9.05. The van der Waals surface area contributed by atoms with Crippen LogP contribution in [0, 0.1) is 0 Å². The molecule has 25 heavy (non-hydrogen) atoms. The van der Waals surface area contributed by atoms with Crippen molar-refractivity contribution < 1.29 is 23.1 Å². The van der Waals surface area contributed by atoms with Crippen molar-refractivity contribution in [3.05, 3.63) is 60.2 Å². The topological polar surface area (TPSA) is 92.7 Å². The van der Waals surface area contributed by atoms with Gasteiger partial charge in [0.15, 0.2) is 5.60 Å². The maximum absolute atomic E-state index is 12.1. The van der Waals surface area contributed by atoms with Gasteiger partial charge in [0.2, 0.25) is 10.0 Å². The third kappa shape index (κ3) is 5.30. The molecule has 0 unspecified atom stereocenters. The summed E-state index contributed by atoms with van der Waals surface area (Å²) >= 11 is 0. The molecule has 0 amide bonds. The molecule has 0 aliphatic heterocycles. The van der Waals surface area contributed by atoms with Crippen LogP contribution < -0.4 is 9.46 Å². The van der Waals surface area contributed by atoms with Gasteiger partial charge >= 0.3 is 5.97 Å². The highest BCUT2D eigenvalue weighted by Crippen LogP contribution is 2.19. The summed E-state index contributed by atoms with van der Waals surface area (Å²) in [5.74, 6) is -0.604. The van der Waals surface area contributed by atoms with Crippen LogP contribution in [0.5, 0.6) is 5.75 Å². The van der Waals surface area contributed by atoms with Crippen LogP contribution in [0.15, 0.2) is 59.5 Å². The summed E-state index contributed by atoms with van der Waals surface area (Å²) in [6.45, 7) is 3.21. The molecular weight excluding hydrogens is 342 g/mol. The molecule has 0 aliphatic carbocycles. The molecule has 0 atom stereocenters. The van der Waals surface area contributed by atoms with E-state index in [1.807, 2.05) is 0 Å². The molecule has 2 aromatic carbocycles. The Morgan fingerprint density at radius 2 is 1.68 bits per heavy atom. The molecule has 2 rings (SSSR count). The lowest BCUT2D eigenvalue weighted by Crippen LogP contribution is -2.37. The Balaban J connectivity index is 1.91. The molecule has 7 heteroatoms. The van der Waals surface area contributed by atoms with Crippen LogP contribution in [0.1, 0.15) is 19.4 Å². The van der Waals surface area contributed by atoms with E-state index in [9.17, 15) is 13.2 Å². The second-order valence-electron chi connectivity index (χ2n) is 6.02. The number of carboxylic acids is 1. The first-order chi connectivity index (χ1) is 11.7. The maximum atomic E-state index is 12.1. The molecule has 134 valence electrons. The van der Waals surface area contributed by atoms with Gasteiger partial charge < -0.3 is 9.84 Å². The normalized spacial score (nSPS) is 11.9. The van der Waals surface area contributed by atoms with Crippen LogP contribution in [-0.4, -0.2) is 31.6 Å². The molecule has 6 nitrogen and oxygen atoms in total. The Morgan fingerprint density at radius 1 is 1.08 bits per heavy atom. The molecule has 0 fully saturated rings. The molecule has 0 radical (unpaired) electrons. The minimum absolute atomic E-state index is 0.231. The number of nitrogens with one attached hydrogen (secondary N) is 1. The summed E-state index contributed by atoms with van der Waals surface area (Å²) in [6.07, 6.45) is 0.509. The zero-order valence-corrected chi connectivity index (χ0v) is 14.9. The Morgan fingerprint density at radius 3 is 2.24 bits per heavy atom. The summed E-state index contributed by atoms with van der Waals surface area (Å²) in [7, 11) is -3.51. The third-order valence-electron chi connectivity index (χ3n) is 3.57. The van der Waals surface area contributed by atoms with Crippen molar-refractivity contribution in [1.82, 2.24) is 4.72 Å². The molecule has 2 aromatic rings. The van der Waals surface area contributed by atoms with E-state index < -0.39 is 21.6 Å². The number of rotatable bonds is 8. The predicted octanol–water partition coefficient (Wildman–Crippen LogP) is 2.45. The summed E-state index contributed by atoms with van der Waals surface area (Å²) in [4.78, 5) is 11.3. The van der Waals surface area contributed by atoms with Crippen molar-refractivity contribution in [2.75, 3.05) is 6.54 Å². The number of ether oxygens (including phenoxy) is 1. The summed E-state index contributed by atoms with van der Waals surface area (Å²) in [6, 6.07) is 15.1. The van der Waals surface area contributed by atoms with Crippen LogP contribution in [0.3, 0.4) is 0 Å². The maximum Gasteiger partial charge on any atom is 0.347 e. The molecule has 0 saturated carbocycles. The smallest absolute Gasteiger partial charge is 0.347 e. The lowest BCUT2D eigenvalue weighted by molar-refractivity contribution is -0.152. The number of benzene rings is 2. The first-order valence-corrected chi connectivity index (χ1v) is 9.25. The van der Waals surface area contributed by atoms with Gasteiger partial charge in [-0.25, -0.2) is 17.9 Å². The fourth-order valence-electron chi connectivity index (χ4n) is 2.08. The number of carbonyl (C=O) groups is 1. The van der Waals surface area contributed by atoms with E-state index in [1.165, 1.54) is 13.8 Å². The van der Waals surface area contributed by atoms with Gasteiger partial charge in [-0.05, 0) is 50.1 Å². The van der Waals surface area contributed by atoms with Crippen LogP contribution in [0.2, 0.25) is 0 Å². The van der Waals surface area contributed by atoms with Crippen LogP contribution >= 0.6 is 0 Å². The van der Waals surface area contributed by atoms with E-state index in [4.69, 9.17) is 9.84 Å². The van der Waals surface area contributed by atoms with Gasteiger partial charge in [0, 0.05) is 6.54 Å². The van der Waals surface area contributed by atoms with Crippen molar-refractivity contribution in [3.8, 4) is 5.75 Å². The number of carboxylic acid groups (broad SMARTS) is 1. The zero-order chi connectivity index (χ0) is 18.5. The number of aliphatic carboxylic acids is 1. The molecule has 0 aliphatic rings. The molecule has 0 saturated heterocycles. The lowest BCUT2D eigenvalue weighted by Gasteiger charge is -2.21. The van der Waals surface area contributed by atoms with Gasteiger partial charge in [0.05, 0.1) is 4.90 Å². The van der Waals surface area contributed by atoms with Gasteiger partial charge in [-0.1, -0.05) is 30.3 Å².